The SMILES string of the molecule is CN1CCN(c2c(Cl)cncc2Cl)CC1.CN1CCNCC1.Clc1cncc(Cl)c1Cl. The Morgan fingerprint density at radius 2 is 1.06 bits per heavy atom. The molecule has 0 bridgehead atoms. The number of hydrogen-bond donors (Lipinski definition) is 1. The molecule has 172 valence electrons. The van der Waals surface area contributed by atoms with Crippen LogP contribution >= 0.6 is 58.0 Å². The lowest BCUT2D eigenvalue weighted by Crippen LogP contribution is -2.44. The Bertz CT molecular complexity index is 770. The van der Waals surface area contributed by atoms with Gasteiger partial charge in [0.05, 0.1) is 30.8 Å². The standard InChI is InChI=1S/C10H13Cl2N3.C5H2Cl3N.C5H12N2/c1-14-2-4-15(5-3-14)10-8(11)6-13-7-9(10)12;6-3-1-9-2-4(7)5(3)8;1-7-4-2-6-3-5-7/h6-7H,2-5H2,1H3;1-2H;6H,2-5H2,1H3. The van der Waals surface area contributed by atoms with Gasteiger partial charge in [0.2, 0.25) is 0 Å². The van der Waals surface area contributed by atoms with Gasteiger partial charge in [0, 0.05) is 77.1 Å². The van der Waals surface area contributed by atoms with Gasteiger partial charge in [-0.25, -0.2) is 0 Å². The molecule has 2 saturated heterocycles. The van der Waals surface area contributed by atoms with E-state index in [4.69, 9.17) is 58.0 Å². The fourth-order valence-electron chi connectivity index (χ4n) is 2.91. The smallest absolute Gasteiger partial charge is 0.0838 e. The monoisotopic (exact) mass is 526 g/mol. The largest absolute Gasteiger partial charge is 0.366 e. The molecule has 0 aromatic carbocycles. The summed E-state index contributed by atoms with van der Waals surface area (Å²) in [7, 11) is 4.27. The van der Waals surface area contributed by atoms with E-state index < -0.39 is 0 Å². The zero-order chi connectivity index (χ0) is 22.8. The van der Waals surface area contributed by atoms with Crippen LogP contribution < -0.4 is 10.2 Å². The van der Waals surface area contributed by atoms with E-state index in [9.17, 15) is 0 Å². The summed E-state index contributed by atoms with van der Waals surface area (Å²) in [6, 6.07) is 0. The zero-order valence-corrected chi connectivity index (χ0v) is 21.4. The molecule has 11 heteroatoms. The van der Waals surface area contributed by atoms with Gasteiger partial charge in [-0.15, -0.1) is 0 Å². The van der Waals surface area contributed by atoms with E-state index in [0.29, 0.717) is 25.1 Å². The average Bonchev–Trinajstić information content (AvgIpc) is 2.75. The molecule has 0 aliphatic carbocycles. The van der Waals surface area contributed by atoms with Crippen LogP contribution in [0.3, 0.4) is 0 Å². The van der Waals surface area contributed by atoms with Crippen molar-refractivity contribution in [2.45, 2.75) is 0 Å². The molecule has 6 nitrogen and oxygen atoms in total. The summed E-state index contributed by atoms with van der Waals surface area (Å²) in [5.74, 6) is 0. The minimum atomic E-state index is 0.355. The van der Waals surface area contributed by atoms with Gasteiger partial charge in [-0.05, 0) is 14.1 Å². The van der Waals surface area contributed by atoms with Crippen LogP contribution in [0.15, 0.2) is 24.8 Å². The highest BCUT2D eigenvalue weighted by Gasteiger charge is 2.19. The molecule has 1 N–H and O–H groups in total. The molecule has 2 aliphatic heterocycles. The average molecular weight is 529 g/mol. The first-order valence-electron chi connectivity index (χ1n) is 9.85. The third kappa shape index (κ3) is 9.06. The van der Waals surface area contributed by atoms with Crippen molar-refractivity contribution >= 4 is 63.7 Å². The van der Waals surface area contributed by atoms with Crippen molar-refractivity contribution < 1.29 is 0 Å². The summed E-state index contributed by atoms with van der Waals surface area (Å²) in [6.45, 7) is 8.73. The third-order valence-electron chi connectivity index (χ3n) is 4.78. The second-order valence-electron chi connectivity index (χ2n) is 7.21. The summed E-state index contributed by atoms with van der Waals surface area (Å²) < 4.78 is 0. The maximum Gasteiger partial charge on any atom is 0.0838 e. The Kier molecular flexibility index (Phi) is 11.9. The molecule has 0 amide bonds. The fraction of sp³-hybridized carbons (Fsp3) is 0.500. The summed E-state index contributed by atoms with van der Waals surface area (Å²) in [5.41, 5.74) is 0.918. The van der Waals surface area contributed by atoms with Crippen molar-refractivity contribution in [1.82, 2.24) is 25.1 Å². The van der Waals surface area contributed by atoms with Gasteiger partial charge in [0.1, 0.15) is 0 Å². The molecule has 2 fully saturated rings. The molecule has 0 spiro atoms. The molecule has 0 radical (unpaired) electrons. The second-order valence-corrected chi connectivity index (χ2v) is 9.22. The van der Waals surface area contributed by atoms with Crippen molar-refractivity contribution in [2.24, 2.45) is 0 Å². The quantitative estimate of drug-likeness (QED) is 0.579. The maximum atomic E-state index is 6.10. The number of aromatic nitrogens is 2. The molecule has 2 aromatic rings. The number of nitrogens with one attached hydrogen (secondary N) is 1. The molecule has 2 aliphatic rings. The lowest BCUT2D eigenvalue weighted by molar-refractivity contribution is 0.291. The highest BCUT2D eigenvalue weighted by atomic mass is 35.5. The molecular weight excluding hydrogens is 502 g/mol. The Labute approximate surface area is 209 Å². The molecule has 31 heavy (non-hydrogen) atoms. The van der Waals surface area contributed by atoms with Gasteiger partial charge in [0.25, 0.3) is 0 Å². The van der Waals surface area contributed by atoms with E-state index in [1.807, 2.05) is 0 Å². The van der Waals surface area contributed by atoms with Crippen LogP contribution in [0.4, 0.5) is 5.69 Å². The molecule has 4 rings (SSSR count). The summed E-state index contributed by atoms with van der Waals surface area (Å²) in [5, 5.41) is 5.65. The van der Waals surface area contributed by atoms with Crippen molar-refractivity contribution in [2.75, 3.05) is 71.4 Å². The number of nitrogens with zero attached hydrogens (tertiary/aromatic N) is 5. The number of halogens is 5. The van der Waals surface area contributed by atoms with Gasteiger partial charge >= 0.3 is 0 Å². The Morgan fingerprint density at radius 1 is 0.645 bits per heavy atom. The topological polar surface area (TPSA) is 47.5 Å². The molecule has 0 saturated carbocycles. The lowest BCUT2D eigenvalue weighted by atomic mass is 10.3. The Balaban J connectivity index is 0.000000181. The van der Waals surface area contributed by atoms with Gasteiger partial charge in [-0.3, -0.25) is 9.97 Å². The van der Waals surface area contributed by atoms with Crippen LogP contribution in [0, 0.1) is 0 Å². The van der Waals surface area contributed by atoms with Crippen LogP contribution in [-0.4, -0.2) is 86.2 Å². The highest BCUT2D eigenvalue weighted by molar-refractivity contribution is 6.47. The van der Waals surface area contributed by atoms with E-state index in [1.54, 1.807) is 12.4 Å². The van der Waals surface area contributed by atoms with E-state index in [0.717, 1.165) is 45.0 Å². The summed E-state index contributed by atoms with van der Waals surface area (Å²) >= 11 is 28.8. The zero-order valence-electron chi connectivity index (χ0n) is 17.6. The van der Waals surface area contributed by atoms with Crippen LogP contribution in [0.5, 0.6) is 0 Å². The molecule has 0 unspecified atom stereocenters. The molecule has 0 atom stereocenters. The van der Waals surface area contributed by atoms with Crippen molar-refractivity contribution in [3.05, 3.63) is 49.9 Å². The highest BCUT2D eigenvalue weighted by Crippen LogP contribution is 2.32. The molecular formula is C20H27Cl5N6. The van der Waals surface area contributed by atoms with Crippen molar-refractivity contribution in [3.63, 3.8) is 0 Å². The number of pyridine rings is 2. The number of likely N-dealkylation sites (N-methyl/N-ethyl adjacent to an activating group) is 2. The fourth-order valence-corrected chi connectivity index (χ4v) is 3.97. The molecule has 2 aromatic heterocycles. The first-order chi connectivity index (χ1) is 14.8. The summed E-state index contributed by atoms with van der Waals surface area (Å²) in [6.07, 6.45) is 6.16. The third-order valence-corrected chi connectivity index (χ3v) is 6.51. The van der Waals surface area contributed by atoms with E-state index >= 15 is 0 Å². The van der Waals surface area contributed by atoms with Gasteiger partial charge in [-0.2, -0.15) is 0 Å². The predicted octanol–water partition coefficient (Wildman–Crippen LogP) is 4.70. The first-order valence-corrected chi connectivity index (χ1v) is 11.7. The van der Waals surface area contributed by atoms with Gasteiger partial charge in [-0.1, -0.05) is 58.0 Å². The van der Waals surface area contributed by atoms with E-state index in [2.05, 4.69) is 44.1 Å². The van der Waals surface area contributed by atoms with E-state index in [-0.39, 0.29) is 0 Å². The van der Waals surface area contributed by atoms with Crippen LogP contribution in [0.1, 0.15) is 0 Å². The van der Waals surface area contributed by atoms with Crippen molar-refractivity contribution in [1.29, 1.82) is 0 Å². The maximum absolute atomic E-state index is 6.10. The Morgan fingerprint density at radius 3 is 1.45 bits per heavy atom. The minimum absolute atomic E-state index is 0.355. The summed E-state index contributed by atoms with van der Waals surface area (Å²) in [4.78, 5) is 14.5. The Hall–Kier alpha value is -0.570. The number of hydrogen-bond acceptors (Lipinski definition) is 6. The second kappa shape index (κ2) is 13.9. The normalized spacial score (nSPS) is 17.3. The minimum Gasteiger partial charge on any atom is -0.366 e. The number of anilines is 1. The van der Waals surface area contributed by atoms with Crippen LogP contribution in [0.25, 0.3) is 0 Å². The first kappa shape index (κ1) is 26.7. The predicted molar refractivity (Wildman–Crippen MR) is 134 cm³/mol. The van der Waals surface area contributed by atoms with Crippen molar-refractivity contribution in [3.8, 4) is 0 Å². The lowest BCUT2D eigenvalue weighted by Gasteiger charge is -2.34. The van der Waals surface area contributed by atoms with Gasteiger partial charge < -0.3 is 20.0 Å². The van der Waals surface area contributed by atoms with Crippen LogP contribution in [0.2, 0.25) is 25.1 Å². The number of rotatable bonds is 1. The van der Waals surface area contributed by atoms with E-state index in [1.165, 1.54) is 25.5 Å². The van der Waals surface area contributed by atoms with Gasteiger partial charge in [0.15, 0.2) is 0 Å². The molecule has 4 heterocycles. The van der Waals surface area contributed by atoms with Crippen LogP contribution in [-0.2, 0) is 0 Å². The number of piperazine rings is 2.